The van der Waals surface area contributed by atoms with Crippen LogP contribution in [0.25, 0.3) is 0 Å². The van der Waals surface area contributed by atoms with Gasteiger partial charge < -0.3 is 5.11 Å². The second-order valence-electron chi connectivity index (χ2n) is 4.29. The standard InChI is InChI=1S/C14H13NO4/c1-9(14(18)19)5-4-8-15-12(16)10-6-2-3-7-11(10)13(15)17/h2-3,5-7H,4,8H2,1H3,(H,18,19). The van der Waals surface area contributed by atoms with Crippen LogP contribution >= 0.6 is 0 Å². The number of fused-ring (bicyclic) bond motifs is 1. The van der Waals surface area contributed by atoms with Crippen molar-refractivity contribution < 1.29 is 19.5 Å². The third-order valence-electron chi connectivity index (χ3n) is 3.02. The molecule has 19 heavy (non-hydrogen) atoms. The predicted octanol–water partition coefficient (Wildman–Crippen LogP) is 1.70. The summed E-state index contributed by atoms with van der Waals surface area (Å²) < 4.78 is 0. The Morgan fingerprint density at radius 3 is 2.21 bits per heavy atom. The van der Waals surface area contributed by atoms with Crippen LogP contribution in [0.3, 0.4) is 0 Å². The predicted molar refractivity (Wildman–Crippen MR) is 67.8 cm³/mol. The van der Waals surface area contributed by atoms with E-state index in [2.05, 4.69) is 0 Å². The fourth-order valence-electron chi connectivity index (χ4n) is 1.94. The van der Waals surface area contributed by atoms with Gasteiger partial charge in [0.25, 0.3) is 11.8 Å². The zero-order chi connectivity index (χ0) is 14.0. The van der Waals surface area contributed by atoms with Crippen LogP contribution in [0.5, 0.6) is 0 Å². The number of carbonyl (C=O) groups excluding carboxylic acids is 2. The van der Waals surface area contributed by atoms with E-state index >= 15 is 0 Å². The lowest BCUT2D eigenvalue weighted by molar-refractivity contribution is -0.132. The second kappa shape index (κ2) is 5.06. The molecule has 0 spiro atoms. The second-order valence-corrected chi connectivity index (χ2v) is 4.29. The lowest BCUT2D eigenvalue weighted by Gasteiger charge is -2.12. The summed E-state index contributed by atoms with van der Waals surface area (Å²) in [6.45, 7) is 1.67. The first-order valence-electron chi connectivity index (χ1n) is 5.87. The summed E-state index contributed by atoms with van der Waals surface area (Å²) in [6.07, 6.45) is 1.84. The molecule has 0 aromatic heterocycles. The average Bonchev–Trinajstić information content (AvgIpc) is 2.64. The highest BCUT2D eigenvalue weighted by Crippen LogP contribution is 2.22. The van der Waals surface area contributed by atoms with Crippen molar-refractivity contribution in [1.82, 2.24) is 4.90 Å². The van der Waals surface area contributed by atoms with Crippen LogP contribution in [0.2, 0.25) is 0 Å². The monoisotopic (exact) mass is 259 g/mol. The maximum Gasteiger partial charge on any atom is 0.330 e. The van der Waals surface area contributed by atoms with Gasteiger partial charge in [0.2, 0.25) is 0 Å². The minimum atomic E-state index is -0.998. The first kappa shape index (κ1) is 13.0. The fraction of sp³-hybridized carbons (Fsp3) is 0.214. The van der Waals surface area contributed by atoms with E-state index in [9.17, 15) is 14.4 Å². The van der Waals surface area contributed by atoms with E-state index in [1.807, 2.05) is 0 Å². The van der Waals surface area contributed by atoms with Gasteiger partial charge >= 0.3 is 5.97 Å². The van der Waals surface area contributed by atoms with Gasteiger partial charge in [0.15, 0.2) is 0 Å². The molecule has 0 atom stereocenters. The van der Waals surface area contributed by atoms with Crippen molar-refractivity contribution in [3.8, 4) is 0 Å². The molecule has 1 heterocycles. The van der Waals surface area contributed by atoms with Gasteiger partial charge in [-0.3, -0.25) is 14.5 Å². The van der Waals surface area contributed by atoms with E-state index in [1.54, 1.807) is 24.3 Å². The van der Waals surface area contributed by atoms with Gasteiger partial charge in [-0.2, -0.15) is 0 Å². The van der Waals surface area contributed by atoms with E-state index in [0.717, 1.165) is 4.90 Å². The lowest BCUT2D eigenvalue weighted by Crippen LogP contribution is -2.30. The number of benzene rings is 1. The number of hydrogen-bond acceptors (Lipinski definition) is 3. The molecule has 0 saturated heterocycles. The molecule has 5 heteroatoms. The van der Waals surface area contributed by atoms with Crippen molar-refractivity contribution in [2.24, 2.45) is 0 Å². The van der Waals surface area contributed by atoms with Gasteiger partial charge in [0.1, 0.15) is 0 Å². The Labute approximate surface area is 110 Å². The van der Waals surface area contributed by atoms with Crippen LogP contribution in [0.4, 0.5) is 0 Å². The molecule has 5 nitrogen and oxygen atoms in total. The number of carboxylic acids is 1. The zero-order valence-corrected chi connectivity index (χ0v) is 10.4. The molecule has 1 N–H and O–H groups in total. The van der Waals surface area contributed by atoms with Crippen molar-refractivity contribution >= 4 is 17.8 Å². The van der Waals surface area contributed by atoms with Crippen LogP contribution in [0.15, 0.2) is 35.9 Å². The molecule has 0 saturated carbocycles. The third-order valence-corrected chi connectivity index (χ3v) is 3.02. The topological polar surface area (TPSA) is 74.7 Å². The Morgan fingerprint density at radius 1 is 1.21 bits per heavy atom. The van der Waals surface area contributed by atoms with E-state index in [4.69, 9.17) is 5.11 Å². The van der Waals surface area contributed by atoms with Gasteiger partial charge in [-0.05, 0) is 25.5 Å². The molecule has 2 amide bonds. The van der Waals surface area contributed by atoms with Gasteiger partial charge in [-0.1, -0.05) is 18.2 Å². The number of imide groups is 1. The van der Waals surface area contributed by atoms with Crippen LogP contribution < -0.4 is 0 Å². The number of hydrogen-bond donors (Lipinski definition) is 1. The number of carbonyl (C=O) groups is 3. The quantitative estimate of drug-likeness (QED) is 0.659. The number of nitrogens with zero attached hydrogens (tertiary/aromatic N) is 1. The van der Waals surface area contributed by atoms with Crippen molar-refractivity contribution in [1.29, 1.82) is 0 Å². The molecule has 1 aromatic rings. The summed E-state index contributed by atoms with van der Waals surface area (Å²) in [5, 5.41) is 8.70. The Morgan fingerprint density at radius 2 is 1.74 bits per heavy atom. The molecule has 2 rings (SSSR count). The van der Waals surface area contributed by atoms with Crippen LogP contribution in [-0.2, 0) is 4.79 Å². The largest absolute Gasteiger partial charge is 0.478 e. The van der Waals surface area contributed by atoms with Crippen molar-refractivity contribution in [2.45, 2.75) is 13.3 Å². The molecular weight excluding hydrogens is 246 g/mol. The molecule has 0 unspecified atom stereocenters. The summed E-state index contributed by atoms with van der Waals surface area (Å²) in [7, 11) is 0. The third kappa shape index (κ3) is 2.40. The van der Waals surface area contributed by atoms with Crippen molar-refractivity contribution in [3.63, 3.8) is 0 Å². The molecule has 98 valence electrons. The first-order valence-corrected chi connectivity index (χ1v) is 5.87. The molecular formula is C14H13NO4. The van der Waals surface area contributed by atoms with Gasteiger partial charge in [-0.15, -0.1) is 0 Å². The summed E-state index contributed by atoms with van der Waals surface area (Å²) in [5.74, 6) is -1.63. The molecule has 0 fully saturated rings. The maximum atomic E-state index is 12.0. The van der Waals surface area contributed by atoms with Crippen LogP contribution in [0.1, 0.15) is 34.1 Å². The highest BCUT2D eigenvalue weighted by Gasteiger charge is 2.34. The Balaban J connectivity index is 2.09. The Hall–Kier alpha value is -2.43. The van der Waals surface area contributed by atoms with E-state index in [1.165, 1.54) is 13.0 Å². The number of rotatable bonds is 4. The van der Waals surface area contributed by atoms with E-state index in [0.29, 0.717) is 17.5 Å². The Bertz CT molecular complexity index is 554. The highest BCUT2D eigenvalue weighted by atomic mass is 16.4. The number of carboxylic acid groups (broad SMARTS) is 1. The number of amides is 2. The van der Waals surface area contributed by atoms with Gasteiger partial charge in [-0.25, -0.2) is 4.79 Å². The molecule has 0 bridgehead atoms. The van der Waals surface area contributed by atoms with Gasteiger partial charge in [0.05, 0.1) is 11.1 Å². The first-order chi connectivity index (χ1) is 9.02. The summed E-state index contributed by atoms with van der Waals surface area (Å²) in [4.78, 5) is 35.7. The fourth-order valence-corrected chi connectivity index (χ4v) is 1.94. The maximum absolute atomic E-state index is 12.0. The lowest BCUT2D eigenvalue weighted by atomic mass is 10.1. The van der Waals surface area contributed by atoms with E-state index < -0.39 is 5.97 Å². The van der Waals surface area contributed by atoms with Crippen molar-refractivity contribution in [3.05, 3.63) is 47.0 Å². The van der Waals surface area contributed by atoms with Crippen LogP contribution in [0, 0.1) is 0 Å². The van der Waals surface area contributed by atoms with E-state index in [-0.39, 0.29) is 23.9 Å². The zero-order valence-electron chi connectivity index (χ0n) is 10.4. The smallest absolute Gasteiger partial charge is 0.330 e. The van der Waals surface area contributed by atoms with Crippen molar-refractivity contribution in [2.75, 3.05) is 6.54 Å². The average molecular weight is 259 g/mol. The minimum Gasteiger partial charge on any atom is -0.478 e. The SMILES string of the molecule is CC(=CCCN1C(=O)c2ccccc2C1=O)C(=O)O. The molecule has 0 radical (unpaired) electrons. The number of aliphatic carboxylic acids is 1. The summed E-state index contributed by atoms with van der Waals surface area (Å²) in [6, 6.07) is 6.66. The summed E-state index contributed by atoms with van der Waals surface area (Å²) >= 11 is 0. The van der Waals surface area contributed by atoms with Gasteiger partial charge in [0, 0.05) is 12.1 Å². The molecule has 1 aromatic carbocycles. The van der Waals surface area contributed by atoms with Crippen LogP contribution in [-0.4, -0.2) is 34.3 Å². The Kier molecular flexibility index (Phi) is 3.46. The normalized spacial score (nSPS) is 14.8. The molecule has 0 aliphatic carbocycles. The minimum absolute atomic E-state index is 0.191. The molecule has 1 aliphatic rings. The summed E-state index contributed by atoms with van der Waals surface area (Å²) in [5.41, 5.74) is 1.02. The highest BCUT2D eigenvalue weighted by molar-refractivity contribution is 6.21. The molecule has 1 aliphatic heterocycles.